The number of non-ortho nitro benzene ring substituents is 1. The molecular weight excluding hydrogens is 448 g/mol. The van der Waals surface area contributed by atoms with Crippen LogP contribution < -0.4 is 9.47 Å². The first-order chi connectivity index (χ1) is 16.9. The van der Waals surface area contributed by atoms with Gasteiger partial charge in [-0.2, -0.15) is 5.10 Å². The molecular formula is C26H26N4O5. The number of nitrogens with zero attached hydrogens (tertiary/aromatic N) is 4. The standard InChI is InChI=1S/C26H26N4O5/c1-18(20-9-11-21(12-10-20)30(32)33)27-29-25(31)17-28(16-19-7-5-4-6-8-19)26(29)23-14-13-22(34-2)15-24(23)35-3/h4-15,26H,16-17H2,1-3H3/b27-18-/t26-/m1/s1. The normalized spacial score (nSPS) is 16.4. The summed E-state index contributed by atoms with van der Waals surface area (Å²) in [5, 5.41) is 17.1. The summed E-state index contributed by atoms with van der Waals surface area (Å²) in [6.45, 7) is 2.48. The molecule has 0 unspecified atom stereocenters. The monoisotopic (exact) mass is 474 g/mol. The number of methoxy groups -OCH3 is 2. The Morgan fingerprint density at radius 1 is 1.06 bits per heavy atom. The average Bonchev–Trinajstić information content (AvgIpc) is 3.17. The van der Waals surface area contributed by atoms with E-state index < -0.39 is 11.1 Å². The van der Waals surface area contributed by atoms with E-state index >= 15 is 0 Å². The molecule has 3 aromatic rings. The van der Waals surface area contributed by atoms with E-state index in [2.05, 4.69) is 5.10 Å². The summed E-state index contributed by atoms with van der Waals surface area (Å²) in [6, 6.07) is 21.5. The van der Waals surface area contributed by atoms with Crippen LogP contribution in [0.5, 0.6) is 11.5 Å². The number of benzene rings is 3. The maximum Gasteiger partial charge on any atom is 0.269 e. The molecule has 0 radical (unpaired) electrons. The first-order valence-electron chi connectivity index (χ1n) is 11.0. The molecule has 35 heavy (non-hydrogen) atoms. The molecule has 1 atom stereocenters. The molecule has 180 valence electrons. The Kier molecular flexibility index (Phi) is 7.07. The summed E-state index contributed by atoms with van der Waals surface area (Å²) in [7, 11) is 3.16. The lowest BCUT2D eigenvalue weighted by Gasteiger charge is -2.29. The zero-order chi connectivity index (χ0) is 24.9. The van der Waals surface area contributed by atoms with E-state index in [-0.39, 0.29) is 18.1 Å². The van der Waals surface area contributed by atoms with Crippen molar-refractivity contribution in [2.24, 2.45) is 5.10 Å². The number of carbonyl (C=O) groups is 1. The maximum absolute atomic E-state index is 13.2. The third-order valence-corrected chi connectivity index (χ3v) is 5.87. The van der Waals surface area contributed by atoms with Crippen molar-refractivity contribution in [1.29, 1.82) is 0 Å². The Bertz CT molecular complexity index is 1240. The van der Waals surface area contributed by atoms with Gasteiger partial charge in [-0.3, -0.25) is 19.8 Å². The topological polar surface area (TPSA) is 97.5 Å². The average molecular weight is 475 g/mol. The summed E-state index contributed by atoms with van der Waals surface area (Å²) in [5.74, 6) is 1.06. The fourth-order valence-electron chi connectivity index (χ4n) is 4.10. The van der Waals surface area contributed by atoms with E-state index in [0.29, 0.717) is 29.3 Å². The second-order valence-corrected chi connectivity index (χ2v) is 8.10. The van der Waals surface area contributed by atoms with Gasteiger partial charge in [0, 0.05) is 30.3 Å². The van der Waals surface area contributed by atoms with Gasteiger partial charge in [0.05, 0.1) is 31.4 Å². The maximum atomic E-state index is 13.2. The molecule has 9 nitrogen and oxygen atoms in total. The second kappa shape index (κ2) is 10.4. The van der Waals surface area contributed by atoms with Crippen molar-refractivity contribution in [3.63, 3.8) is 0 Å². The summed E-state index contributed by atoms with van der Waals surface area (Å²) in [4.78, 5) is 25.8. The van der Waals surface area contributed by atoms with E-state index in [9.17, 15) is 14.9 Å². The SMILES string of the molecule is COc1ccc([C@@H]2N(Cc3ccccc3)CC(=O)N2/N=C(/C)c2ccc([N+](=O)[O-])cc2)c(OC)c1. The number of hydrazone groups is 1. The first kappa shape index (κ1) is 23.9. The quantitative estimate of drug-likeness (QED) is 0.273. The minimum atomic E-state index is -0.517. The highest BCUT2D eigenvalue weighted by Gasteiger charge is 2.41. The Morgan fingerprint density at radius 2 is 1.77 bits per heavy atom. The number of carbonyl (C=O) groups excluding carboxylic acids is 1. The van der Waals surface area contributed by atoms with Crippen LogP contribution in [0.4, 0.5) is 5.69 Å². The van der Waals surface area contributed by atoms with Crippen LogP contribution >= 0.6 is 0 Å². The van der Waals surface area contributed by atoms with Crippen molar-refractivity contribution >= 4 is 17.3 Å². The predicted molar refractivity (Wildman–Crippen MR) is 131 cm³/mol. The van der Waals surface area contributed by atoms with Crippen LogP contribution in [0.1, 0.15) is 29.8 Å². The summed E-state index contributed by atoms with van der Waals surface area (Å²) < 4.78 is 11.0. The van der Waals surface area contributed by atoms with Crippen molar-refractivity contribution in [2.45, 2.75) is 19.6 Å². The number of hydrogen-bond donors (Lipinski definition) is 0. The minimum Gasteiger partial charge on any atom is -0.497 e. The van der Waals surface area contributed by atoms with Gasteiger partial charge in [-0.05, 0) is 42.3 Å². The van der Waals surface area contributed by atoms with E-state index in [0.717, 1.165) is 11.1 Å². The molecule has 4 rings (SSSR count). The molecule has 0 spiro atoms. The fourth-order valence-corrected chi connectivity index (χ4v) is 4.10. The van der Waals surface area contributed by atoms with E-state index in [4.69, 9.17) is 9.47 Å². The number of amides is 1. The molecule has 3 aromatic carbocycles. The molecule has 0 N–H and O–H groups in total. The van der Waals surface area contributed by atoms with Crippen LogP contribution in [0.3, 0.4) is 0 Å². The number of hydrogen-bond acceptors (Lipinski definition) is 7. The highest BCUT2D eigenvalue weighted by Crippen LogP contribution is 2.39. The molecule has 0 bridgehead atoms. The summed E-state index contributed by atoms with van der Waals surface area (Å²) in [5.41, 5.74) is 3.08. The van der Waals surface area contributed by atoms with E-state index in [1.165, 1.54) is 17.1 Å². The largest absolute Gasteiger partial charge is 0.497 e. The molecule has 0 aliphatic carbocycles. The van der Waals surface area contributed by atoms with Gasteiger partial charge in [-0.15, -0.1) is 0 Å². The van der Waals surface area contributed by atoms with Gasteiger partial charge in [0.15, 0.2) is 0 Å². The van der Waals surface area contributed by atoms with Crippen molar-refractivity contribution in [3.8, 4) is 11.5 Å². The Hall–Kier alpha value is -4.24. The van der Waals surface area contributed by atoms with E-state index in [1.807, 2.05) is 47.4 Å². The molecule has 1 amide bonds. The van der Waals surface area contributed by atoms with Crippen molar-refractivity contribution in [3.05, 3.63) is 99.6 Å². The van der Waals surface area contributed by atoms with Gasteiger partial charge in [0.2, 0.25) is 0 Å². The van der Waals surface area contributed by atoms with Crippen LogP contribution in [-0.2, 0) is 11.3 Å². The molecule has 9 heteroatoms. The van der Waals surface area contributed by atoms with Crippen LogP contribution in [0.15, 0.2) is 77.9 Å². The summed E-state index contributed by atoms with van der Waals surface area (Å²) >= 11 is 0. The Balaban J connectivity index is 1.74. The van der Waals surface area contributed by atoms with Crippen LogP contribution in [0.2, 0.25) is 0 Å². The lowest BCUT2D eigenvalue weighted by Crippen LogP contribution is -2.29. The predicted octanol–water partition coefficient (Wildman–Crippen LogP) is 4.38. The highest BCUT2D eigenvalue weighted by molar-refractivity contribution is 5.99. The first-order valence-corrected chi connectivity index (χ1v) is 11.0. The molecule has 0 aromatic heterocycles. The van der Waals surface area contributed by atoms with Crippen LogP contribution in [-0.4, -0.2) is 47.2 Å². The molecule has 1 heterocycles. The molecule has 0 saturated carbocycles. The van der Waals surface area contributed by atoms with Gasteiger partial charge in [-0.25, -0.2) is 5.01 Å². The molecule has 1 aliphatic rings. The number of rotatable bonds is 8. The van der Waals surface area contributed by atoms with Gasteiger partial charge in [0.25, 0.3) is 11.6 Å². The van der Waals surface area contributed by atoms with E-state index in [1.54, 1.807) is 39.3 Å². The third kappa shape index (κ3) is 5.15. The van der Waals surface area contributed by atoms with Gasteiger partial charge >= 0.3 is 0 Å². The Morgan fingerprint density at radius 3 is 2.40 bits per heavy atom. The summed E-state index contributed by atoms with van der Waals surface area (Å²) in [6.07, 6.45) is -0.517. The molecule has 1 aliphatic heterocycles. The van der Waals surface area contributed by atoms with Crippen LogP contribution in [0.25, 0.3) is 0 Å². The van der Waals surface area contributed by atoms with Gasteiger partial charge in [-0.1, -0.05) is 30.3 Å². The minimum absolute atomic E-state index is 0.00585. The second-order valence-electron chi connectivity index (χ2n) is 8.10. The van der Waals surface area contributed by atoms with Gasteiger partial charge < -0.3 is 9.47 Å². The van der Waals surface area contributed by atoms with Gasteiger partial charge in [0.1, 0.15) is 17.7 Å². The van der Waals surface area contributed by atoms with Crippen molar-refractivity contribution < 1.29 is 19.2 Å². The number of nitro groups is 1. The lowest BCUT2D eigenvalue weighted by molar-refractivity contribution is -0.384. The molecule has 1 saturated heterocycles. The lowest BCUT2D eigenvalue weighted by atomic mass is 10.1. The highest BCUT2D eigenvalue weighted by atomic mass is 16.6. The van der Waals surface area contributed by atoms with Crippen LogP contribution in [0, 0.1) is 10.1 Å². The smallest absolute Gasteiger partial charge is 0.269 e. The third-order valence-electron chi connectivity index (χ3n) is 5.87. The van der Waals surface area contributed by atoms with Crippen molar-refractivity contribution in [2.75, 3.05) is 20.8 Å². The number of nitro benzene ring substituents is 1. The Labute approximate surface area is 203 Å². The number of ether oxygens (including phenoxy) is 2. The fraction of sp³-hybridized carbons (Fsp3) is 0.231. The zero-order valence-electron chi connectivity index (χ0n) is 19.7. The zero-order valence-corrected chi connectivity index (χ0v) is 19.7. The molecule has 1 fully saturated rings. The van der Waals surface area contributed by atoms with Crippen molar-refractivity contribution in [1.82, 2.24) is 9.91 Å².